The zero-order valence-electron chi connectivity index (χ0n) is 21.9. The monoisotopic (exact) mass is 493 g/mol. The number of nitrogens with one attached hydrogen (secondary N) is 2. The van der Waals surface area contributed by atoms with Crippen LogP contribution in [0.2, 0.25) is 0 Å². The molecule has 4 aliphatic rings. The molecule has 0 radical (unpaired) electrons. The van der Waals surface area contributed by atoms with E-state index in [-0.39, 0.29) is 23.8 Å². The Balaban J connectivity index is 1.42. The number of ether oxygens (including phenoxy) is 1. The summed E-state index contributed by atoms with van der Waals surface area (Å²) in [5, 5.41) is 6.25. The molecule has 7 heteroatoms. The fourth-order valence-electron chi connectivity index (χ4n) is 6.48. The highest BCUT2D eigenvalue weighted by Crippen LogP contribution is 2.55. The molecule has 0 aromatic heterocycles. The van der Waals surface area contributed by atoms with E-state index in [0.717, 1.165) is 43.2 Å². The van der Waals surface area contributed by atoms with Gasteiger partial charge in [-0.2, -0.15) is 0 Å². The second kappa shape index (κ2) is 9.66. The molecule has 36 heavy (non-hydrogen) atoms. The van der Waals surface area contributed by atoms with Crippen LogP contribution in [0.15, 0.2) is 30.4 Å². The summed E-state index contributed by atoms with van der Waals surface area (Å²) >= 11 is 0. The number of hydrogen-bond acceptors (Lipinski definition) is 4. The van der Waals surface area contributed by atoms with Gasteiger partial charge < -0.3 is 20.3 Å². The Labute approximate surface area is 214 Å². The molecule has 1 aromatic rings. The van der Waals surface area contributed by atoms with Crippen LogP contribution in [0.4, 0.5) is 5.69 Å². The van der Waals surface area contributed by atoms with Crippen LogP contribution < -0.4 is 10.6 Å². The number of benzene rings is 1. The lowest BCUT2D eigenvalue weighted by atomic mass is 9.74. The number of amides is 3. The van der Waals surface area contributed by atoms with Crippen LogP contribution in [0, 0.1) is 31.6 Å². The first-order valence-electron chi connectivity index (χ1n) is 13.6. The number of rotatable bonds is 7. The minimum absolute atomic E-state index is 0.134. The minimum Gasteiger partial charge on any atom is -0.359 e. The predicted octanol–water partition coefficient (Wildman–Crippen LogP) is 3.89. The molecule has 3 aliphatic heterocycles. The molecule has 1 spiro atoms. The second-order valence-corrected chi connectivity index (χ2v) is 11.5. The molecule has 5 rings (SSSR count). The largest absolute Gasteiger partial charge is 0.359 e. The van der Waals surface area contributed by atoms with E-state index in [9.17, 15) is 14.4 Å². The fraction of sp³-hybridized carbons (Fsp3) is 0.621. The second-order valence-electron chi connectivity index (χ2n) is 11.5. The molecule has 2 bridgehead atoms. The van der Waals surface area contributed by atoms with E-state index in [1.54, 1.807) is 4.90 Å². The van der Waals surface area contributed by atoms with E-state index < -0.39 is 29.6 Å². The third-order valence-corrected chi connectivity index (χ3v) is 8.60. The van der Waals surface area contributed by atoms with Crippen LogP contribution in [0.25, 0.3) is 0 Å². The van der Waals surface area contributed by atoms with Gasteiger partial charge in [0.15, 0.2) is 0 Å². The first-order valence-corrected chi connectivity index (χ1v) is 13.6. The molecule has 2 N–H and O–H groups in total. The van der Waals surface area contributed by atoms with Gasteiger partial charge in [0, 0.05) is 18.3 Å². The summed E-state index contributed by atoms with van der Waals surface area (Å²) in [5.74, 6) is -1.51. The lowest BCUT2D eigenvalue weighted by molar-refractivity contribution is -0.141. The number of carbonyl (C=O) groups excluding carboxylic acids is 3. The maximum atomic E-state index is 13.9. The van der Waals surface area contributed by atoms with Crippen molar-refractivity contribution in [3.8, 4) is 0 Å². The molecule has 7 nitrogen and oxygen atoms in total. The molecule has 3 amide bonds. The standard InChI is InChI=1S/C29H39N3O4/c1-17(2)13-15-32-25(27(34)30-20-8-6-5-7-9-20)29-14-12-22(36-29)23(24(29)28(32)35)26(33)31-21-11-10-18(3)19(4)16-21/h10-12,14,16-17,20,22-25H,5-9,13,15H2,1-4H3,(H,30,34)(H,31,33)/t22-,23+,24-,25+,29-/m1/s1. The maximum Gasteiger partial charge on any atom is 0.246 e. The topological polar surface area (TPSA) is 87.7 Å². The van der Waals surface area contributed by atoms with E-state index in [1.807, 2.05) is 44.2 Å². The number of likely N-dealkylation sites (tertiary alicyclic amines) is 1. The van der Waals surface area contributed by atoms with Crippen molar-refractivity contribution in [3.05, 3.63) is 41.5 Å². The Morgan fingerprint density at radius 1 is 1.11 bits per heavy atom. The van der Waals surface area contributed by atoms with Crippen molar-refractivity contribution < 1.29 is 19.1 Å². The average Bonchev–Trinajstić information content (AvgIpc) is 3.48. The zero-order chi connectivity index (χ0) is 25.6. The molecule has 3 heterocycles. The molecule has 194 valence electrons. The lowest BCUT2D eigenvalue weighted by Gasteiger charge is -2.34. The Bertz CT molecular complexity index is 1080. The molecule has 2 saturated heterocycles. The van der Waals surface area contributed by atoms with Gasteiger partial charge in [-0.05, 0) is 62.3 Å². The zero-order valence-corrected chi connectivity index (χ0v) is 21.9. The number of hydrogen-bond donors (Lipinski definition) is 2. The highest BCUT2D eigenvalue weighted by Gasteiger charge is 2.72. The molecule has 1 aliphatic carbocycles. The Hall–Kier alpha value is -2.67. The summed E-state index contributed by atoms with van der Waals surface area (Å²) in [5.41, 5.74) is 1.85. The van der Waals surface area contributed by atoms with Crippen LogP contribution in [0.3, 0.4) is 0 Å². The third-order valence-electron chi connectivity index (χ3n) is 8.60. The van der Waals surface area contributed by atoms with Crippen LogP contribution in [0.5, 0.6) is 0 Å². The van der Waals surface area contributed by atoms with Gasteiger partial charge in [0.05, 0.1) is 17.9 Å². The molecule has 1 aromatic carbocycles. The predicted molar refractivity (Wildman–Crippen MR) is 138 cm³/mol. The van der Waals surface area contributed by atoms with Crippen molar-refractivity contribution in [2.45, 2.75) is 90.0 Å². The summed E-state index contributed by atoms with van der Waals surface area (Å²) in [7, 11) is 0. The smallest absolute Gasteiger partial charge is 0.246 e. The Kier molecular flexibility index (Phi) is 6.70. The van der Waals surface area contributed by atoms with E-state index in [0.29, 0.717) is 18.2 Å². The SMILES string of the molecule is Cc1ccc(NC(=O)[C@H]2[C@H]3C=C[C@]4(O3)[C@H](C(=O)NC3CCCCC3)N(CCC(C)C)C(=O)[C@@H]24)cc1C. The van der Waals surface area contributed by atoms with Gasteiger partial charge in [0.2, 0.25) is 17.7 Å². The molecule has 5 atom stereocenters. The highest BCUT2D eigenvalue weighted by atomic mass is 16.5. The third kappa shape index (κ3) is 4.25. The van der Waals surface area contributed by atoms with Gasteiger partial charge in [0.25, 0.3) is 0 Å². The molecule has 1 saturated carbocycles. The molecule has 3 fully saturated rings. The van der Waals surface area contributed by atoms with Crippen LogP contribution in [-0.4, -0.2) is 53.0 Å². The van der Waals surface area contributed by atoms with E-state index in [1.165, 1.54) is 6.42 Å². The van der Waals surface area contributed by atoms with Crippen LogP contribution in [0.1, 0.15) is 63.5 Å². The number of nitrogens with zero attached hydrogens (tertiary/aromatic N) is 1. The lowest BCUT2D eigenvalue weighted by Crippen LogP contribution is -2.56. The Morgan fingerprint density at radius 3 is 2.56 bits per heavy atom. The summed E-state index contributed by atoms with van der Waals surface area (Å²) in [4.78, 5) is 42.9. The summed E-state index contributed by atoms with van der Waals surface area (Å²) in [6.45, 7) is 8.73. The first-order chi connectivity index (χ1) is 17.2. The number of carbonyl (C=O) groups is 3. The van der Waals surface area contributed by atoms with Crippen LogP contribution >= 0.6 is 0 Å². The molecule has 0 unspecified atom stereocenters. The quantitative estimate of drug-likeness (QED) is 0.564. The normalized spacial score (nSPS) is 31.2. The van der Waals surface area contributed by atoms with Gasteiger partial charge in [-0.3, -0.25) is 14.4 Å². The maximum absolute atomic E-state index is 13.9. The number of aryl methyl sites for hydroxylation is 2. The molecular formula is C29H39N3O4. The summed E-state index contributed by atoms with van der Waals surface area (Å²) in [6.07, 6.45) is 9.39. The number of anilines is 1. The van der Waals surface area contributed by atoms with Crippen molar-refractivity contribution in [2.24, 2.45) is 17.8 Å². The van der Waals surface area contributed by atoms with Crippen molar-refractivity contribution >= 4 is 23.4 Å². The van der Waals surface area contributed by atoms with E-state index >= 15 is 0 Å². The van der Waals surface area contributed by atoms with Gasteiger partial charge in [-0.15, -0.1) is 0 Å². The van der Waals surface area contributed by atoms with E-state index in [2.05, 4.69) is 24.5 Å². The van der Waals surface area contributed by atoms with Crippen molar-refractivity contribution in [2.75, 3.05) is 11.9 Å². The van der Waals surface area contributed by atoms with Crippen molar-refractivity contribution in [3.63, 3.8) is 0 Å². The van der Waals surface area contributed by atoms with Crippen molar-refractivity contribution in [1.82, 2.24) is 10.2 Å². The molecular weight excluding hydrogens is 454 g/mol. The van der Waals surface area contributed by atoms with Gasteiger partial charge in [-0.25, -0.2) is 0 Å². The highest BCUT2D eigenvalue weighted by molar-refractivity contribution is 6.02. The fourth-order valence-corrected chi connectivity index (χ4v) is 6.48. The van der Waals surface area contributed by atoms with Crippen LogP contribution in [-0.2, 0) is 19.1 Å². The average molecular weight is 494 g/mol. The van der Waals surface area contributed by atoms with Gasteiger partial charge in [0.1, 0.15) is 11.6 Å². The number of fused-ring (bicyclic) bond motifs is 1. The van der Waals surface area contributed by atoms with Crippen molar-refractivity contribution in [1.29, 1.82) is 0 Å². The van der Waals surface area contributed by atoms with Gasteiger partial charge >= 0.3 is 0 Å². The summed E-state index contributed by atoms with van der Waals surface area (Å²) < 4.78 is 6.43. The van der Waals surface area contributed by atoms with Gasteiger partial charge in [-0.1, -0.05) is 51.3 Å². The van der Waals surface area contributed by atoms with E-state index in [4.69, 9.17) is 4.74 Å². The first kappa shape index (κ1) is 25.0. The minimum atomic E-state index is -1.09. The summed E-state index contributed by atoms with van der Waals surface area (Å²) in [6, 6.07) is 5.18. The Morgan fingerprint density at radius 2 is 1.86 bits per heavy atom.